The Bertz CT molecular complexity index is 616. The van der Waals surface area contributed by atoms with Gasteiger partial charge < -0.3 is 15.6 Å². The summed E-state index contributed by atoms with van der Waals surface area (Å²) >= 11 is 0. The van der Waals surface area contributed by atoms with Crippen LogP contribution in [0, 0.1) is 5.92 Å². The predicted octanol–water partition coefficient (Wildman–Crippen LogP) is -2.22. The molecule has 0 aromatic rings. The summed E-state index contributed by atoms with van der Waals surface area (Å²) in [7, 11) is -4.15. The van der Waals surface area contributed by atoms with Crippen molar-refractivity contribution < 1.29 is 94.4 Å². The van der Waals surface area contributed by atoms with Crippen molar-refractivity contribution >= 4 is 28.0 Å². The number of hydrogen-bond donors (Lipinski definition) is 1. The summed E-state index contributed by atoms with van der Waals surface area (Å²) < 4.78 is 44.3. The first-order chi connectivity index (χ1) is 11.4. The second-order valence-electron chi connectivity index (χ2n) is 5.26. The predicted molar refractivity (Wildman–Crippen MR) is 88.1 cm³/mol. The largest absolute Gasteiger partial charge is 1.00 e. The molecule has 26 heavy (non-hydrogen) atoms. The molecule has 0 aliphatic rings. The van der Waals surface area contributed by atoms with Crippen LogP contribution in [0.4, 0.5) is 0 Å². The maximum atomic E-state index is 12.0. The van der Waals surface area contributed by atoms with Gasteiger partial charge in [0.05, 0.1) is 12.4 Å². The van der Waals surface area contributed by atoms with Crippen LogP contribution in [0.5, 0.6) is 0 Å². The van der Waals surface area contributed by atoms with E-state index in [-0.39, 0.29) is 77.0 Å². The Morgan fingerprint density at radius 2 is 1.42 bits per heavy atom. The SMILES string of the molecule is C=C(C)C(=O)OCC(COC(=O)C(=C)C)C(=O)OCCCS(=O)(=O)O.[H-].[K+]. The zero-order chi connectivity index (χ0) is 19.6. The van der Waals surface area contributed by atoms with E-state index >= 15 is 0 Å². The van der Waals surface area contributed by atoms with Gasteiger partial charge in [0.2, 0.25) is 0 Å². The fourth-order valence-corrected chi connectivity index (χ4v) is 1.80. The van der Waals surface area contributed by atoms with Crippen molar-refractivity contribution in [1.82, 2.24) is 0 Å². The molecule has 0 rings (SSSR count). The molecule has 0 heterocycles. The summed E-state index contributed by atoms with van der Waals surface area (Å²) in [6.45, 7) is 8.53. The first-order valence-corrected chi connectivity index (χ1v) is 8.82. The minimum absolute atomic E-state index is 0. The molecule has 9 nitrogen and oxygen atoms in total. The Labute approximate surface area is 196 Å². The van der Waals surface area contributed by atoms with Crippen molar-refractivity contribution in [2.45, 2.75) is 20.3 Å². The van der Waals surface area contributed by atoms with E-state index in [9.17, 15) is 22.8 Å². The van der Waals surface area contributed by atoms with E-state index in [4.69, 9.17) is 18.8 Å². The third-order valence-corrected chi connectivity index (χ3v) is 3.46. The average molecular weight is 419 g/mol. The normalized spacial score (nSPS) is 10.5. The molecular formula is C15H23KO9S. The fourth-order valence-electron chi connectivity index (χ4n) is 1.32. The first kappa shape index (κ1) is 27.7. The third kappa shape index (κ3) is 13.6. The van der Waals surface area contributed by atoms with Gasteiger partial charge in [0.25, 0.3) is 10.1 Å². The summed E-state index contributed by atoms with van der Waals surface area (Å²) in [5.74, 6) is -3.97. The standard InChI is InChI=1S/C15H22O9S.K.H/c1-10(2)13(16)23-8-12(9-24-14(17)11(3)4)15(18)22-6-5-7-25(19,20)21;;/h12H,1,3,5-9H2,2,4H3,(H,19,20,21);;/q;+1;-1. The molecule has 0 atom stereocenters. The first-order valence-electron chi connectivity index (χ1n) is 7.21. The molecule has 0 fully saturated rings. The third-order valence-electron chi connectivity index (χ3n) is 2.65. The van der Waals surface area contributed by atoms with Gasteiger partial charge in [0.15, 0.2) is 0 Å². The molecule has 1 N–H and O–H groups in total. The van der Waals surface area contributed by atoms with Gasteiger partial charge in [-0.05, 0) is 20.3 Å². The molecule has 11 heteroatoms. The summed E-state index contributed by atoms with van der Waals surface area (Å²) in [5.41, 5.74) is 0.249. The van der Waals surface area contributed by atoms with Gasteiger partial charge in [0.1, 0.15) is 19.1 Å². The summed E-state index contributed by atoms with van der Waals surface area (Å²) in [6.07, 6.45) is -0.117. The van der Waals surface area contributed by atoms with Gasteiger partial charge in [-0.15, -0.1) is 0 Å². The van der Waals surface area contributed by atoms with Crippen LogP contribution in [0.2, 0.25) is 0 Å². The quantitative estimate of drug-likeness (QED) is 0.0989. The monoisotopic (exact) mass is 418 g/mol. The molecule has 0 saturated heterocycles. The Kier molecular flexibility index (Phi) is 14.4. The van der Waals surface area contributed by atoms with Crippen molar-refractivity contribution in [1.29, 1.82) is 0 Å². The van der Waals surface area contributed by atoms with Crippen molar-refractivity contribution in [3.05, 3.63) is 24.3 Å². The number of ether oxygens (including phenoxy) is 3. The van der Waals surface area contributed by atoms with Crippen molar-refractivity contribution in [3.63, 3.8) is 0 Å². The molecule has 0 radical (unpaired) electrons. The number of carbonyl (C=O) groups excluding carboxylic acids is 3. The van der Waals surface area contributed by atoms with Gasteiger partial charge in [-0.2, -0.15) is 8.42 Å². The van der Waals surface area contributed by atoms with Gasteiger partial charge in [-0.25, -0.2) is 9.59 Å². The van der Waals surface area contributed by atoms with Crippen LogP contribution < -0.4 is 51.4 Å². The van der Waals surface area contributed by atoms with E-state index in [1.54, 1.807) is 0 Å². The van der Waals surface area contributed by atoms with E-state index in [2.05, 4.69) is 13.2 Å². The Hall–Kier alpha value is -0.564. The molecule has 144 valence electrons. The minimum Gasteiger partial charge on any atom is -1.00 e. The average Bonchev–Trinajstić information content (AvgIpc) is 2.49. The molecule has 0 aromatic heterocycles. The van der Waals surface area contributed by atoms with Crippen LogP contribution in [-0.2, 0) is 38.7 Å². The van der Waals surface area contributed by atoms with Crippen LogP contribution in [0.1, 0.15) is 21.7 Å². The zero-order valence-corrected chi connectivity index (χ0v) is 19.1. The zero-order valence-electron chi connectivity index (χ0n) is 16.1. The molecule has 0 spiro atoms. The molecule has 0 aliphatic heterocycles. The van der Waals surface area contributed by atoms with E-state index in [1.165, 1.54) is 13.8 Å². The van der Waals surface area contributed by atoms with Crippen molar-refractivity contribution in [2.24, 2.45) is 5.92 Å². The summed E-state index contributed by atoms with van der Waals surface area (Å²) in [6, 6.07) is 0. The Morgan fingerprint density at radius 1 is 1.00 bits per heavy atom. The van der Waals surface area contributed by atoms with Gasteiger partial charge in [0, 0.05) is 11.1 Å². The smallest absolute Gasteiger partial charge is 1.00 e. The van der Waals surface area contributed by atoms with Gasteiger partial charge in [-0.3, -0.25) is 9.35 Å². The second-order valence-corrected chi connectivity index (χ2v) is 6.83. The molecule has 0 aromatic carbocycles. The maximum Gasteiger partial charge on any atom is 1.00 e. The van der Waals surface area contributed by atoms with Gasteiger partial charge in [-0.1, -0.05) is 13.2 Å². The molecule has 0 saturated carbocycles. The van der Waals surface area contributed by atoms with Crippen LogP contribution in [0.15, 0.2) is 24.3 Å². The molecular weight excluding hydrogens is 395 g/mol. The molecule has 0 bridgehead atoms. The topological polar surface area (TPSA) is 133 Å². The number of hydrogen-bond acceptors (Lipinski definition) is 8. The number of carbonyl (C=O) groups is 3. The fraction of sp³-hybridized carbons (Fsp3) is 0.533. The molecule has 0 amide bonds. The maximum absolute atomic E-state index is 12.0. The number of rotatable bonds is 11. The van der Waals surface area contributed by atoms with Crippen LogP contribution in [-0.4, -0.2) is 56.5 Å². The van der Waals surface area contributed by atoms with Crippen LogP contribution >= 0.6 is 0 Å². The Balaban J connectivity index is -0.00000288. The Morgan fingerprint density at radius 3 is 1.77 bits per heavy atom. The van der Waals surface area contributed by atoms with E-state index < -0.39 is 52.9 Å². The summed E-state index contributed by atoms with van der Waals surface area (Å²) in [4.78, 5) is 34.8. The number of esters is 3. The van der Waals surface area contributed by atoms with E-state index in [1.807, 2.05) is 0 Å². The second kappa shape index (κ2) is 13.6. The van der Waals surface area contributed by atoms with Crippen LogP contribution in [0.3, 0.4) is 0 Å². The van der Waals surface area contributed by atoms with E-state index in [0.29, 0.717) is 0 Å². The van der Waals surface area contributed by atoms with Gasteiger partial charge >= 0.3 is 69.3 Å². The van der Waals surface area contributed by atoms with Crippen molar-refractivity contribution in [2.75, 3.05) is 25.6 Å². The van der Waals surface area contributed by atoms with Crippen LogP contribution in [0.25, 0.3) is 0 Å². The minimum atomic E-state index is -4.15. The molecule has 0 unspecified atom stereocenters. The van der Waals surface area contributed by atoms with E-state index in [0.717, 1.165) is 0 Å². The molecule has 0 aliphatic carbocycles. The van der Waals surface area contributed by atoms with Crippen molar-refractivity contribution in [3.8, 4) is 0 Å². The summed E-state index contributed by atoms with van der Waals surface area (Å²) in [5, 5.41) is 0.